The molecule has 4 aliphatic rings. The van der Waals surface area contributed by atoms with Gasteiger partial charge in [0.05, 0.1) is 18.8 Å². The van der Waals surface area contributed by atoms with Gasteiger partial charge in [-0.1, -0.05) is 32.9 Å². The van der Waals surface area contributed by atoms with E-state index in [9.17, 15) is 35.4 Å². The van der Waals surface area contributed by atoms with Crippen LogP contribution in [0.5, 0.6) is 0 Å². The smallest absolute Gasteiger partial charge is 0.335 e. The van der Waals surface area contributed by atoms with E-state index < -0.39 is 54.3 Å². The van der Waals surface area contributed by atoms with Crippen molar-refractivity contribution in [3.05, 3.63) is 24.3 Å². The molecule has 0 unspecified atom stereocenters. The number of hydrogen-bond donors (Lipinski definition) is 6. The topological polar surface area (TPSA) is 157 Å². The molecule has 3 fully saturated rings. The first kappa shape index (κ1) is 26.7. The predicted molar refractivity (Wildman–Crippen MR) is 125 cm³/mol. The lowest BCUT2D eigenvalue weighted by atomic mass is 9.44. The highest BCUT2D eigenvalue weighted by Crippen LogP contribution is 2.64. The van der Waals surface area contributed by atoms with Crippen molar-refractivity contribution in [1.82, 2.24) is 0 Å². The molecule has 4 rings (SSSR count). The number of ether oxygens (including phenoxy) is 2. The molecule has 9 nitrogen and oxygen atoms in total. The van der Waals surface area contributed by atoms with E-state index in [-0.39, 0.29) is 29.3 Å². The number of aliphatic carboxylic acids is 1. The van der Waals surface area contributed by atoms with Crippen LogP contribution < -0.4 is 0 Å². The fourth-order valence-corrected chi connectivity index (χ4v) is 7.28. The van der Waals surface area contributed by atoms with Crippen molar-refractivity contribution in [2.24, 2.45) is 28.1 Å². The maximum absolute atomic E-state index is 11.4. The molecule has 0 amide bonds. The van der Waals surface area contributed by atoms with Crippen LogP contribution in [0.3, 0.4) is 0 Å². The minimum Gasteiger partial charge on any atom is -0.479 e. The molecule has 6 N–H and O–H groups in total. The van der Waals surface area contributed by atoms with Gasteiger partial charge < -0.3 is 40.1 Å². The SMILES string of the molecule is C=C[C@]1(C)C=C2[C@H](O)C[C@@H]3[C@](C)(CC[C@H](O)[C@]3(C)CO[C@@H]3O[C@H](C(=O)O)[C@@H](O)[C@@H](O)[C@@H]3O)[C@H]2CC1. The number of carbonyl (C=O) groups is 1. The molecule has 1 saturated heterocycles. The summed E-state index contributed by atoms with van der Waals surface area (Å²) >= 11 is 0. The van der Waals surface area contributed by atoms with Crippen LogP contribution in [0.4, 0.5) is 0 Å². The fraction of sp³-hybridized carbons (Fsp3) is 0.808. The van der Waals surface area contributed by atoms with E-state index in [1.54, 1.807) is 0 Å². The Kier molecular flexibility index (Phi) is 7.03. The van der Waals surface area contributed by atoms with Gasteiger partial charge in [0.1, 0.15) is 18.3 Å². The molecule has 2 saturated carbocycles. The quantitative estimate of drug-likeness (QED) is 0.305. The standard InChI is InChI=1S/C26H40O9/c1-5-24(2)8-6-14-13(11-24)15(27)10-16-25(14,3)9-7-17(28)26(16,4)12-34-23-20(31)18(29)19(30)21(35-23)22(32)33/h5,11,14-21,23,27-31H,1,6-10,12H2,2-4H3,(H,32,33)/t14-,15+,16+,17-,18+,19-,20-,21-,23+,24-,25+,26+/m0/s1. The van der Waals surface area contributed by atoms with Gasteiger partial charge >= 0.3 is 5.97 Å². The number of hydrogen-bond acceptors (Lipinski definition) is 8. The molecule has 0 radical (unpaired) electrons. The van der Waals surface area contributed by atoms with E-state index >= 15 is 0 Å². The van der Waals surface area contributed by atoms with Crippen LogP contribution in [0.15, 0.2) is 24.3 Å². The Bertz CT molecular complexity index is 875. The number of fused-ring (bicyclic) bond motifs is 3. The summed E-state index contributed by atoms with van der Waals surface area (Å²) in [6.45, 7) is 10.1. The van der Waals surface area contributed by atoms with Crippen molar-refractivity contribution >= 4 is 5.97 Å². The molecule has 0 aromatic rings. The first-order valence-electron chi connectivity index (χ1n) is 12.5. The third-order valence-electron chi connectivity index (χ3n) is 9.66. The van der Waals surface area contributed by atoms with Crippen LogP contribution in [0, 0.1) is 28.1 Å². The van der Waals surface area contributed by atoms with Gasteiger partial charge in [0.15, 0.2) is 12.4 Å². The number of aliphatic hydroxyl groups is 5. The van der Waals surface area contributed by atoms with E-state index in [4.69, 9.17) is 9.47 Å². The zero-order valence-electron chi connectivity index (χ0n) is 20.7. The summed E-state index contributed by atoms with van der Waals surface area (Å²) < 4.78 is 11.1. The highest BCUT2D eigenvalue weighted by atomic mass is 16.7. The molecular weight excluding hydrogens is 456 g/mol. The Balaban J connectivity index is 1.59. The summed E-state index contributed by atoms with van der Waals surface area (Å²) in [5.41, 5.74) is -0.126. The van der Waals surface area contributed by atoms with Crippen molar-refractivity contribution < 1.29 is 44.9 Å². The maximum atomic E-state index is 11.4. The number of allylic oxidation sites excluding steroid dienone is 2. The number of carboxylic acid groups (broad SMARTS) is 1. The van der Waals surface area contributed by atoms with Crippen LogP contribution in [-0.4, -0.2) is 86.1 Å². The second-order valence-corrected chi connectivity index (χ2v) is 11.9. The van der Waals surface area contributed by atoms with E-state index in [1.165, 1.54) is 0 Å². The first-order chi connectivity index (χ1) is 16.3. The van der Waals surface area contributed by atoms with E-state index in [0.717, 1.165) is 24.8 Å². The Morgan fingerprint density at radius 1 is 1.11 bits per heavy atom. The molecule has 0 spiro atoms. The number of carboxylic acids is 1. The summed E-state index contributed by atoms with van der Waals surface area (Å²) in [5, 5.41) is 62.1. The molecule has 12 atom stereocenters. The van der Waals surface area contributed by atoms with Gasteiger partial charge in [0.2, 0.25) is 0 Å². The molecule has 3 aliphatic carbocycles. The molecule has 198 valence electrons. The molecule has 9 heteroatoms. The van der Waals surface area contributed by atoms with Crippen LogP contribution in [0.2, 0.25) is 0 Å². The Morgan fingerprint density at radius 3 is 2.43 bits per heavy atom. The summed E-state index contributed by atoms with van der Waals surface area (Å²) in [5.74, 6) is -1.44. The average Bonchev–Trinajstić information content (AvgIpc) is 2.81. The van der Waals surface area contributed by atoms with Gasteiger partial charge in [0, 0.05) is 10.8 Å². The van der Waals surface area contributed by atoms with E-state index in [2.05, 4.69) is 26.5 Å². The predicted octanol–water partition coefficient (Wildman–Crippen LogP) is 0.972. The highest BCUT2D eigenvalue weighted by molar-refractivity contribution is 5.73. The molecule has 1 heterocycles. The lowest BCUT2D eigenvalue weighted by Gasteiger charge is -2.62. The van der Waals surface area contributed by atoms with Crippen molar-refractivity contribution in [3.63, 3.8) is 0 Å². The molecule has 0 bridgehead atoms. The fourth-order valence-electron chi connectivity index (χ4n) is 7.28. The van der Waals surface area contributed by atoms with E-state index in [1.807, 2.05) is 13.0 Å². The van der Waals surface area contributed by atoms with Crippen LogP contribution in [0.25, 0.3) is 0 Å². The third kappa shape index (κ3) is 4.29. The van der Waals surface area contributed by atoms with Crippen molar-refractivity contribution in [3.8, 4) is 0 Å². The number of aliphatic hydroxyl groups excluding tert-OH is 5. The lowest BCUT2D eigenvalue weighted by molar-refractivity contribution is -0.307. The monoisotopic (exact) mass is 496 g/mol. The summed E-state index contributed by atoms with van der Waals surface area (Å²) in [7, 11) is 0. The van der Waals surface area contributed by atoms with E-state index in [0.29, 0.717) is 12.8 Å². The normalized spacial score (nSPS) is 52.1. The van der Waals surface area contributed by atoms with Gasteiger partial charge in [-0.05, 0) is 54.9 Å². The highest BCUT2D eigenvalue weighted by Gasteiger charge is 2.61. The Morgan fingerprint density at radius 2 is 1.80 bits per heavy atom. The minimum atomic E-state index is -1.80. The zero-order chi connectivity index (χ0) is 25.9. The van der Waals surface area contributed by atoms with Crippen molar-refractivity contribution in [2.45, 2.75) is 95.8 Å². The summed E-state index contributed by atoms with van der Waals surface area (Å²) in [6.07, 6.45) is -2.14. The Labute approximate surface area is 206 Å². The van der Waals surface area contributed by atoms with Gasteiger partial charge in [-0.25, -0.2) is 4.79 Å². The van der Waals surface area contributed by atoms with Crippen LogP contribution in [-0.2, 0) is 14.3 Å². The minimum absolute atomic E-state index is 0.0752. The average molecular weight is 497 g/mol. The van der Waals surface area contributed by atoms with Crippen LogP contribution in [0.1, 0.15) is 52.9 Å². The number of rotatable bonds is 5. The summed E-state index contributed by atoms with van der Waals surface area (Å²) in [4.78, 5) is 11.4. The lowest BCUT2D eigenvalue weighted by Crippen LogP contribution is -2.63. The Hall–Kier alpha value is -1.33. The first-order valence-corrected chi connectivity index (χ1v) is 12.5. The molecule has 0 aromatic carbocycles. The van der Waals surface area contributed by atoms with Gasteiger partial charge in [-0.3, -0.25) is 0 Å². The van der Waals surface area contributed by atoms with Crippen LogP contribution >= 0.6 is 0 Å². The van der Waals surface area contributed by atoms with Gasteiger partial charge in [0.25, 0.3) is 0 Å². The summed E-state index contributed by atoms with van der Waals surface area (Å²) in [6, 6.07) is 0. The molecule has 0 aromatic heterocycles. The molecular formula is C26H40O9. The third-order valence-corrected chi connectivity index (χ3v) is 9.66. The largest absolute Gasteiger partial charge is 0.479 e. The zero-order valence-corrected chi connectivity index (χ0v) is 20.7. The van der Waals surface area contributed by atoms with Gasteiger partial charge in [-0.2, -0.15) is 0 Å². The molecule has 1 aliphatic heterocycles. The molecule has 35 heavy (non-hydrogen) atoms. The van der Waals surface area contributed by atoms with Crippen molar-refractivity contribution in [2.75, 3.05) is 6.61 Å². The second kappa shape index (κ2) is 9.20. The second-order valence-electron chi connectivity index (χ2n) is 11.9. The van der Waals surface area contributed by atoms with Crippen molar-refractivity contribution in [1.29, 1.82) is 0 Å². The maximum Gasteiger partial charge on any atom is 0.335 e. The van der Waals surface area contributed by atoms with Gasteiger partial charge in [-0.15, -0.1) is 6.58 Å².